The molecule has 2 aromatic carbocycles. The van der Waals surface area contributed by atoms with Gasteiger partial charge in [0.1, 0.15) is 12.4 Å². The Kier molecular flexibility index (Phi) is 3.02. The molecule has 0 saturated carbocycles. The van der Waals surface area contributed by atoms with E-state index in [2.05, 4.69) is 29.1 Å². The van der Waals surface area contributed by atoms with Gasteiger partial charge in [-0.1, -0.05) is 12.1 Å². The average molecular weight is 376 g/mol. The van der Waals surface area contributed by atoms with Crippen LogP contribution in [0.1, 0.15) is 11.1 Å². The van der Waals surface area contributed by atoms with Crippen LogP contribution >= 0.6 is 0 Å². The van der Waals surface area contributed by atoms with Crippen molar-refractivity contribution in [3.63, 3.8) is 0 Å². The highest BCUT2D eigenvalue weighted by molar-refractivity contribution is 5.82. The lowest BCUT2D eigenvalue weighted by molar-refractivity contribution is 0.173. The monoisotopic (exact) mass is 376 g/mol. The van der Waals surface area contributed by atoms with E-state index in [1.165, 1.54) is 11.6 Å². The highest BCUT2D eigenvalue weighted by Gasteiger charge is 2.51. The van der Waals surface area contributed by atoms with E-state index in [1.54, 1.807) is 12.3 Å². The van der Waals surface area contributed by atoms with Crippen LogP contribution in [-0.4, -0.2) is 32.0 Å². The van der Waals surface area contributed by atoms with Gasteiger partial charge in [-0.05, 0) is 35.4 Å². The van der Waals surface area contributed by atoms with Crippen LogP contribution < -0.4 is 19.1 Å². The second-order valence-electron chi connectivity index (χ2n) is 7.50. The summed E-state index contributed by atoms with van der Waals surface area (Å²) < 4.78 is 30.7. The maximum atomic E-state index is 13.4. The van der Waals surface area contributed by atoms with Crippen molar-refractivity contribution < 1.29 is 18.6 Å². The summed E-state index contributed by atoms with van der Waals surface area (Å²) in [5.41, 5.74) is 5.04. The van der Waals surface area contributed by atoms with Gasteiger partial charge in [-0.3, -0.25) is 0 Å². The number of halogens is 1. The van der Waals surface area contributed by atoms with Crippen molar-refractivity contribution >= 4 is 5.69 Å². The standard InChI is InChI=1S/C22H17FN2O3/c1-25-10-22(11-26-17-8-19-18(7-15(17)22)27-12-28-19)21-14(3-2-4-16(21)25)13-5-6-20(23)24-9-13/h2-9H,10-12H2,1H3. The summed E-state index contributed by atoms with van der Waals surface area (Å²) in [5.74, 6) is 1.82. The van der Waals surface area contributed by atoms with Crippen LogP contribution in [0.15, 0.2) is 48.7 Å². The van der Waals surface area contributed by atoms with Gasteiger partial charge in [0.05, 0.1) is 5.41 Å². The molecule has 6 rings (SSSR count). The zero-order valence-electron chi connectivity index (χ0n) is 15.2. The molecule has 3 aliphatic heterocycles. The number of hydrogen-bond acceptors (Lipinski definition) is 5. The van der Waals surface area contributed by atoms with Gasteiger partial charge in [-0.25, -0.2) is 4.98 Å². The smallest absolute Gasteiger partial charge is 0.231 e. The molecule has 1 spiro atoms. The van der Waals surface area contributed by atoms with Crippen molar-refractivity contribution in [2.45, 2.75) is 5.41 Å². The van der Waals surface area contributed by atoms with E-state index >= 15 is 0 Å². The maximum absolute atomic E-state index is 13.4. The number of fused-ring (bicyclic) bond motifs is 5. The van der Waals surface area contributed by atoms with Gasteiger partial charge >= 0.3 is 0 Å². The van der Waals surface area contributed by atoms with Crippen LogP contribution in [0.3, 0.4) is 0 Å². The largest absolute Gasteiger partial charge is 0.492 e. The normalized spacial score (nSPS) is 21.0. The quantitative estimate of drug-likeness (QED) is 0.606. The molecule has 0 saturated heterocycles. The number of likely N-dealkylation sites (N-methyl/N-ethyl adjacent to an activating group) is 1. The van der Waals surface area contributed by atoms with E-state index in [-0.39, 0.29) is 12.2 Å². The SMILES string of the molecule is CN1CC2(COc3cc4c(cc32)OCO4)c2c(-c3ccc(F)nc3)cccc21. The average Bonchev–Trinajstić information content (AvgIpc) is 3.38. The first-order valence-electron chi connectivity index (χ1n) is 9.19. The van der Waals surface area contributed by atoms with E-state index in [0.29, 0.717) is 6.61 Å². The molecule has 0 fully saturated rings. The number of rotatable bonds is 1. The van der Waals surface area contributed by atoms with E-state index in [4.69, 9.17) is 14.2 Å². The zero-order valence-corrected chi connectivity index (χ0v) is 15.2. The Hall–Kier alpha value is -3.28. The van der Waals surface area contributed by atoms with Crippen molar-refractivity contribution in [2.24, 2.45) is 0 Å². The molecule has 5 nitrogen and oxygen atoms in total. The molecule has 3 aliphatic rings. The summed E-state index contributed by atoms with van der Waals surface area (Å²) in [4.78, 5) is 6.11. The molecular weight excluding hydrogens is 359 g/mol. The molecular formula is C22H17FN2O3. The van der Waals surface area contributed by atoms with Crippen LogP contribution in [-0.2, 0) is 5.41 Å². The molecule has 28 heavy (non-hydrogen) atoms. The third kappa shape index (κ3) is 1.97. The Morgan fingerprint density at radius 3 is 2.71 bits per heavy atom. The van der Waals surface area contributed by atoms with Gasteiger partial charge in [-0.15, -0.1) is 0 Å². The molecule has 1 atom stereocenters. The highest BCUT2D eigenvalue weighted by atomic mass is 19.1. The molecule has 0 amide bonds. The van der Waals surface area contributed by atoms with Crippen LogP contribution in [0, 0.1) is 5.95 Å². The molecule has 1 aromatic heterocycles. The summed E-state index contributed by atoms with van der Waals surface area (Å²) in [6.07, 6.45) is 1.59. The number of aromatic nitrogens is 1. The molecule has 3 aromatic rings. The second kappa shape index (κ2) is 5.38. The highest BCUT2D eigenvalue weighted by Crippen LogP contribution is 2.56. The maximum Gasteiger partial charge on any atom is 0.231 e. The second-order valence-corrected chi connectivity index (χ2v) is 7.50. The number of anilines is 1. The van der Waals surface area contributed by atoms with Gasteiger partial charge in [0, 0.05) is 42.7 Å². The van der Waals surface area contributed by atoms with Crippen molar-refractivity contribution in [1.82, 2.24) is 4.98 Å². The molecule has 0 N–H and O–H groups in total. The van der Waals surface area contributed by atoms with Crippen molar-refractivity contribution in [3.8, 4) is 28.4 Å². The van der Waals surface area contributed by atoms with Crippen molar-refractivity contribution in [3.05, 3.63) is 65.7 Å². The van der Waals surface area contributed by atoms with Crippen LogP contribution in [0.25, 0.3) is 11.1 Å². The van der Waals surface area contributed by atoms with E-state index < -0.39 is 5.95 Å². The van der Waals surface area contributed by atoms with Gasteiger partial charge in [0.25, 0.3) is 0 Å². The van der Waals surface area contributed by atoms with Crippen molar-refractivity contribution in [2.75, 3.05) is 31.9 Å². The van der Waals surface area contributed by atoms with Gasteiger partial charge in [0.15, 0.2) is 11.5 Å². The molecule has 0 bridgehead atoms. The number of benzene rings is 2. The summed E-state index contributed by atoms with van der Waals surface area (Å²) in [7, 11) is 2.09. The Labute approximate surface area is 161 Å². The minimum atomic E-state index is -0.481. The predicted octanol–water partition coefficient (Wildman–Crippen LogP) is 3.74. The molecule has 0 radical (unpaired) electrons. The lowest BCUT2D eigenvalue weighted by Gasteiger charge is -2.25. The topological polar surface area (TPSA) is 43.8 Å². The van der Waals surface area contributed by atoms with Gasteiger partial charge < -0.3 is 19.1 Å². The first-order chi connectivity index (χ1) is 13.7. The number of pyridine rings is 1. The first-order valence-corrected chi connectivity index (χ1v) is 9.19. The van der Waals surface area contributed by atoms with E-state index in [0.717, 1.165) is 46.2 Å². The lowest BCUT2D eigenvalue weighted by atomic mass is 9.75. The minimum Gasteiger partial charge on any atom is -0.492 e. The summed E-state index contributed by atoms with van der Waals surface area (Å²) >= 11 is 0. The fraction of sp³-hybridized carbons (Fsp3) is 0.227. The predicted molar refractivity (Wildman–Crippen MR) is 102 cm³/mol. The third-order valence-electron chi connectivity index (χ3n) is 5.94. The molecule has 4 heterocycles. The fourth-order valence-corrected chi connectivity index (χ4v) is 4.74. The van der Waals surface area contributed by atoms with Crippen LogP contribution in [0.4, 0.5) is 10.1 Å². The summed E-state index contributed by atoms with van der Waals surface area (Å²) in [6, 6.07) is 13.4. The lowest BCUT2D eigenvalue weighted by Crippen LogP contribution is -2.35. The summed E-state index contributed by atoms with van der Waals surface area (Å²) in [5, 5.41) is 0. The van der Waals surface area contributed by atoms with E-state index in [1.807, 2.05) is 18.2 Å². The zero-order chi connectivity index (χ0) is 18.9. The Morgan fingerprint density at radius 1 is 1.04 bits per heavy atom. The Bertz CT molecular complexity index is 1120. The minimum absolute atomic E-state index is 0.230. The summed E-state index contributed by atoms with van der Waals surface area (Å²) in [6.45, 7) is 1.56. The Balaban J connectivity index is 1.60. The number of hydrogen-bond donors (Lipinski definition) is 0. The molecule has 0 aliphatic carbocycles. The molecule has 6 heteroatoms. The third-order valence-corrected chi connectivity index (χ3v) is 5.94. The molecule has 140 valence electrons. The number of ether oxygens (including phenoxy) is 3. The van der Waals surface area contributed by atoms with Crippen molar-refractivity contribution in [1.29, 1.82) is 0 Å². The first kappa shape index (κ1) is 15.7. The van der Waals surface area contributed by atoms with Gasteiger partial charge in [-0.2, -0.15) is 4.39 Å². The fourth-order valence-electron chi connectivity index (χ4n) is 4.74. The van der Waals surface area contributed by atoms with Crippen LogP contribution in [0.2, 0.25) is 0 Å². The number of nitrogens with zero attached hydrogens (tertiary/aromatic N) is 2. The van der Waals surface area contributed by atoms with Crippen LogP contribution in [0.5, 0.6) is 17.2 Å². The molecule has 1 unspecified atom stereocenters. The van der Waals surface area contributed by atoms with E-state index in [9.17, 15) is 4.39 Å². The Morgan fingerprint density at radius 2 is 1.89 bits per heavy atom. The van der Waals surface area contributed by atoms with Gasteiger partial charge in [0.2, 0.25) is 12.7 Å².